The fourth-order valence-corrected chi connectivity index (χ4v) is 4.67. The average Bonchev–Trinajstić information content (AvgIpc) is 2.96. The third kappa shape index (κ3) is 3.95. The molecule has 0 bridgehead atoms. The Morgan fingerprint density at radius 2 is 1.66 bits per heavy atom. The SMILES string of the molecule is CC(C)(C)OC(=O)N1CCC2(CC1)c1ccccc1C(=O)N2Cc1ccc(C(N)=O)cc1. The number of fused-ring (bicyclic) bond motifs is 2. The number of amides is 3. The zero-order chi connectivity index (χ0) is 23.1. The zero-order valence-electron chi connectivity index (χ0n) is 18.8. The highest BCUT2D eigenvalue weighted by atomic mass is 16.6. The minimum atomic E-state index is -0.550. The van der Waals surface area contributed by atoms with Crippen molar-refractivity contribution in [1.29, 1.82) is 0 Å². The van der Waals surface area contributed by atoms with Crippen LogP contribution in [0.3, 0.4) is 0 Å². The van der Waals surface area contributed by atoms with E-state index in [1.54, 1.807) is 17.0 Å². The molecular weight excluding hydrogens is 406 g/mol. The van der Waals surface area contributed by atoms with Crippen LogP contribution in [0.25, 0.3) is 0 Å². The number of ether oxygens (including phenoxy) is 1. The summed E-state index contributed by atoms with van der Waals surface area (Å²) in [7, 11) is 0. The molecular formula is C25H29N3O4. The van der Waals surface area contributed by atoms with Crippen molar-refractivity contribution in [3.8, 4) is 0 Å². The molecule has 2 heterocycles. The lowest BCUT2D eigenvalue weighted by Crippen LogP contribution is -2.52. The molecule has 168 valence electrons. The van der Waals surface area contributed by atoms with Crippen LogP contribution >= 0.6 is 0 Å². The molecule has 0 radical (unpaired) electrons. The molecule has 2 aliphatic rings. The van der Waals surface area contributed by atoms with Gasteiger partial charge in [-0.3, -0.25) is 9.59 Å². The molecule has 7 nitrogen and oxygen atoms in total. The third-order valence-electron chi connectivity index (χ3n) is 6.24. The summed E-state index contributed by atoms with van der Waals surface area (Å²) in [6, 6.07) is 14.8. The Bertz CT molecular complexity index is 1050. The lowest BCUT2D eigenvalue weighted by molar-refractivity contribution is -0.00222. The summed E-state index contributed by atoms with van der Waals surface area (Å²) in [6.07, 6.45) is 0.946. The van der Waals surface area contributed by atoms with Crippen molar-refractivity contribution >= 4 is 17.9 Å². The summed E-state index contributed by atoms with van der Waals surface area (Å²) in [6.45, 7) is 6.99. The Kier molecular flexibility index (Phi) is 5.44. The summed E-state index contributed by atoms with van der Waals surface area (Å²) in [4.78, 5) is 41.0. The summed E-state index contributed by atoms with van der Waals surface area (Å²) in [5, 5.41) is 0. The predicted octanol–water partition coefficient (Wildman–Crippen LogP) is 3.67. The molecule has 1 saturated heterocycles. The van der Waals surface area contributed by atoms with Gasteiger partial charge in [-0.05, 0) is 62.9 Å². The number of hydrogen-bond acceptors (Lipinski definition) is 4. The zero-order valence-corrected chi connectivity index (χ0v) is 18.8. The van der Waals surface area contributed by atoms with Crippen molar-refractivity contribution in [3.63, 3.8) is 0 Å². The Hall–Kier alpha value is -3.35. The van der Waals surface area contributed by atoms with Crippen LogP contribution in [0.1, 0.15) is 65.5 Å². The highest BCUT2D eigenvalue weighted by molar-refractivity contribution is 6.00. The smallest absolute Gasteiger partial charge is 0.410 e. The maximum atomic E-state index is 13.4. The van der Waals surface area contributed by atoms with Gasteiger partial charge in [0.25, 0.3) is 5.91 Å². The van der Waals surface area contributed by atoms with E-state index in [-0.39, 0.29) is 12.0 Å². The fraction of sp³-hybridized carbons (Fsp3) is 0.400. The van der Waals surface area contributed by atoms with Gasteiger partial charge in [-0.15, -0.1) is 0 Å². The molecule has 1 fully saturated rings. The van der Waals surface area contributed by atoms with Crippen molar-refractivity contribution in [1.82, 2.24) is 9.80 Å². The van der Waals surface area contributed by atoms with Crippen LogP contribution in [0, 0.1) is 0 Å². The van der Waals surface area contributed by atoms with Crippen LogP contribution in [0.5, 0.6) is 0 Å². The predicted molar refractivity (Wildman–Crippen MR) is 120 cm³/mol. The monoisotopic (exact) mass is 435 g/mol. The van der Waals surface area contributed by atoms with E-state index in [0.29, 0.717) is 43.6 Å². The minimum Gasteiger partial charge on any atom is -0.444 e. The molecule has 2 aliphatic heterocycles. The number of carbonyl (C=O) groups excluding carboxylic acids is 3. The molecule has 4 rings (SSSR count). The van der Waals surface area contributed by atoms with Crippen LogP contribution in [0.4, 0.5) is 4.79 Å². The molecule has 0 unspecified atom stereocenters. The number of nitrogens with two attached hydrogens (primary N) is 1. The standard InChI is InChI=1S/C25H29N3O4/c1-24(2,3)32-23(31)27-14-12-25(13-15-27)20-7-5-4-6-19(20)22(30)28(25)16-17-8-10-18(11-9-17)21(26)29/h4-11H,12-16H2,1-3H3,(H2,26,29). The van der Waals surface area contributed by atoms with Crippen molar-refractivity contribution < 1.29 is 19.1 Å². The number of rotatable bonds is 3. The van der Waals surface area contributed by atoms with Crippen molar-refractivity contribution in [2.24, 2.45) is 5.73 Å². The van der Waals surface area contributed by atoms with Gasteiger partial charge in [0, 0.05) is 30.8 Å². The van der Waals surface area contributed by atoms with Gasteiger partial charge < -0.3 is 20.3 Å². The van der Waals surface area contributed by atoms with Crippen LogP contribution < -0.4 is 5.73 Å². The van der Waals surface area contributed by atoms with E-state index >= 15 is 0 Å². The van der Waals surface area contributed by atoms with Crippen LogP contribution in [0.15, 0.2) is 48.5 Å². The number of primary amides is 1. The molecule has 32 heavy (non-hydrogen) atoms. The molecule has 2 N–H and O–H groups in total. The summed E-state index contributed by atoms with van der Waals surface area (Å²) >= 11 is 0. The number of benzene rings is 2. The number of likely N-dealkylation sites (tertiary alicyclic amines) is 1. The van der Waals surface area contributed by atoms with E-state index in [2.05, 4.69) is 0 Å². The lowest BCUT2D eigenvalue weighted by atomic mass is 9.80. The minimum absolute atomic E-state index is 0.00899. The van der Waals surface area contributed by atoms with Gasteiger partial charge in [-0.1, -0.05) is 30.3 Å². The summed E-state index contributed by atoms with van der Waals surface area (Å²) < 4.78 is 5.54. The molecule has 1 spiro atoms. The van der Waals surface area contributed by atoms with Gasteiger partial charge in [-0.25, -0.2) is 4.79 Å². The number of nitrogens with zero attached hydrogens (tertiary/aromatic N) is 2. The van der Waals surface area contributed by atoms with Gasteiger partial charge >= 0.3 is 6.09 Å². The first-order valence-electron chi connectivity index (χ1n) is 10.9. The Labute approximate surface area is 188 Å². The highest BCUT2D eigenvalue weighted by Gasteiger charge is 2.51. The first-order valence-corrected chi connectivity index (χ1v) is 10.9. The second kappa shape index (κ2) is 7.97. The summed E-state index contributed by atoms with van der Waals surface area (Å²) in [5.41, 5.74) is 7.41. The van der Waals surface area contributed by atoms with Crippen molar-refractivity contribution in [3.05, 3.63) is 70.8 Å². The van der Waals surface area contributed by atoms with E-state index in [4.69, 9.17) is 10.5 Å². The molecule has 0 atom stereocenters. The maximum absolute atomic E-state index is 13.4. The normalized spacial score (nSPS) is 17.4. The number of hydrogen-bond donors (Lipinski definition) is 1. The molecule has 2 aromatic carbocycles. The fourth-order valence-electron chi connectivity index (χ4n) is 4.67. The van der Waals surface area contributed by atoms with E-state index < -0.39 is 17.0 Å². The first-order chi connectivity index (χ1) is 15.1. The largest absolute Gasteiger partial charge is 0.444 e. The van der Waals surface area contributed by atoms with Gasteiger partial charge in [-0.2, -0.15) is 0 Å². The van der Waals surface area contributed by atoms with E-state index in [1.165, 1.54) is 0 Å². The molecule has 7 heteroatoms. The molecule has 0 aromatic heterocycles. The van der Waals surface area contributed by atoms with E-state index in [9.17, 15) is 14.4 Å². The average molecular weight is 436 g/mol. The topological polar surface area (TPSA) is 92.9 Å². The second-order valence-corrected chi connectivity index (χ2v) is 9.50. The Morgan fingerprint density at radius 3 is 2.25 bits per heavy atom. The van der Waals surface area contributed by atoms with E-state index in [0.717, 1.165) is 11.1 Å². The highest BCUT2D eigenvalue weighted by Crippen LogP contribution is 2.47. The molecule has 0 saturated carbocycles. The quantitative estimate of drug-likeness (QED) is 0.796. The first kappa shape index (κ1) is 21.9. The third-order valence-corrected chi connectivity index (χ3v) is 6.24. The van der Waals surface area contributed by atoms with Crippen LogP contribution in [-0.4, -0.2) is 46.4 Å². The lowest BCUT2D eigenvalue weighted by Gasteiger charge is -2.45. The van der Waals surface area contributed by atoms with Crippen LogP contribution in [-0.2, 0) is 16.8 Å². The Morgan fingerprint density at radius 1 is 1.03 bits per heavy atom. The van der Waals surface area contributed by atoms with E-state index in [1.807, 2.05) is 62.1 Å². The van der Waals surface area contributed by atoms with Crippen molar-refractivity contribution in [2.45, 2.75) is 51.3 Å². The molecule has 2 aromatic rings. The number of carbonyl (C=O) groups is 3. The maximum Gasteiger partial charge on any atom is 0.410 e. The molecule has 3 amide bonds. The second-order valence-electron chi connectivity index (χ2n) is 9.50. The van der Waals surface area contributed by atoms with Gasteiger partial charge in [0.15, 0.2) is 0 Å². The van der Waals surface area contributed by atoms with Crippen LogP contribution in [0.2, 0.25) is 0 Å². The Balaban J connectivity index is 1.60. The van der Waals surface area contributed by atoms with Gasteiger partial charge in [0.2, 0.25) is 5.91 Å². The van der Waals surface area contributed by atoms with Gasteiger partial charge in [0.1, 0.15) is 5.60 Å². The summed E-state index contributed by atoms with van der Waals surface area (Å²) in [5.74, 6) is -0.488. The number of piperidine rings is 1. The van der Waals surface area contributed by atoms with Crippen molar-refractivity contribution in [2.75, 3.05) is 13.1 Å². The van der Waals surface area contributed by atoms with Gasteiger partial charge in [0.05, 0.1) is 5.54 Å². The molecule has 0 aliphatic carbocycles.